The number of halogens is 4. The molecule has 0 spiro atoms. The minimum atomic E-state index is -2.89. The van der Waals surface area contributed by atoms with Gasteiger partial charge in [-0.25, -0.2) is 18.9 Å². The van der Waals surface area contributed by atoms with Crippen LogP contribution in [-0.4, -0.2) is 64.6 Å². The maximum atomic E-state index is 16.1. The van der Waals surface area contributed by atoms with E-state index in [1.54, 1.807) is 12.1 Å². The summed E-state index contributed by atoms with van der Waals surface area (Å²) in [5.41, 5.74) is -1.45. The second-order valence-electron chi connectivity index (χ2n) is 11.6. The smallest absolute Gasteiger partial charge is 0.434 e. The number of amides is 2. The second kappa shape index (κ2) is 12.0. The minimum absolute atomic E-state index is 0.0321. The molecule has 12 nitrogen and oxygen atoms in total. The van der Waals surface area contributed by atoms with Gasteiger partial charge in [0.25, 0.3) is 5.91 Å². The molecule has 3 heterocycles. The van der Waals surface area contributed by atoms with Crippen LogP contribution in [0.25, 0.3) is 22.5 Å². The van der Waals surface area contributed by atoms with Crippen LogP contribution in [0.2, 0.25) is 5.02 Å². The first-order valence-corrected chi connectivity index (χ1v) is 13.9. The van der Waals surface area contributed by atoms with Crippen molar-refractivity contribution in [1.82, 2.24) is 35.2 Å². The quantitative estimate of drug-likeness (QED) is 0.199. The Kier molecular flexibility index (Phi) is 8.42. The van der Waals surface area contributed by atoms with E-state index < -0.39 is 53.9 Å². The number of benzene rings is 2. The summed E-state index contributed by atoms with van der Waals surface area (Å²) in [6, 6.07) is 7.32. The van der Waals surface area contributed by atoms with Gasteiger partial charge < -0.3 is 15.5 Å². The van der Waals surface area contributed by atoms with Gasteiger partial charge in [0.05, 0.1) is 23.9 Å². The van der Waals surface area contributed by atoms with Gasteiger partial charge in [0.2, 0.25) is 5.96 Å². The Hall–Kier alpha value is -4.76. The van der Waals surface area contributed by atoms with Crippen LogP contribution in [0.3, 0.4) is 0 Å². The topological polar surface area (TPSA) is 162 Å². The van der Waals surface area contributed by atoms with E-state index in [2.05, 4.69) is 30.6 Å². The molecule has 0 aliphatic carbocycles. The van der Waals surface area contributed by atoms with Gasteiger partial charge in [0, 0.05) is 22.9 Å². The zero-order chi connectivity index (χ0) is 32.7. The van der Waals surface area contributed by atoms with Crippen LogP contribution in [0.5, 0.6) is 0 Å². The lowest BCUT2D eigenvalue weighted by Crippen LogP contribution is -2.47. The highest BCUT2D eigenvalue weighted by atomic mass is 35.5. The van der Waals surface area contributed by atoms with Crippen LogP contribution in [-0.2, 0) is 10.3 Å². The summed E-state index contributed by atoms with van der Waals surface area (Å²) in [6.45, 7) is 1.89. The SMILES string of the molecule is CC(C)(C)C[C@]1(c2ccc(-c3cnn(C(F)F)c3)cc2F)NC(=NC(=O)O)N(C(CO)c2ccc(Cl)c(-c3ncn[nH]3)c2)C1=O. The van der Waals surface area contributed by atoms with Crippen LogP contribution in [0, 0.1) is 11.2 Å². The zero-order valence-corrected chi connectivity index (χ0v) is 24.9. The molecule has 0 bridgehead atoms. The number of nitrogens with zero attached hydrogens (tertiary/aromatic N) is 6. The fraction of sp³-hybridized carbons (Fsp3) is 0.310. The summed E-state index contributed by atoms with van der Waals surface area (Å²) in [5, 5.41) is 33.5. The van der Waals surface area contributed by atoms with E-state index in [4.69, 9.17) is 11.6 Å². The normalized spacial score (nSPS) is 18.6. The highest BCUT2D eigenvalue weighted by Gasteiger charge is 2.56. The number of aromatic nitrogens is 5. The third-order valence-corrected chi connectivity index (χ3v) is 7.56. The number of aliphatic hydroxyl groups is 1. The maximum absolute atomic E-state index is 16.1. The molecular formula is C29H28ClF3N8O4. The molecule has 2 amide bonds. The Morgan fingerprint density at radius 1 is 1.18 bits per heavy atom. The van der Waals surface area contributed by atoms with Crippen molar-refractivity contribution in [2.24, 2.45) is 10.4 Å². The molecule has 1 fully saturated rings. The summed E-state index contributed by atoms with van der Waals surface area (Å²) >= 11 is 6.38. The number of carbonyl (C=O) groups excluding carboxylic acids is 1. The molecule has 1 aliphatic rings. The molecule has 5 rings (SSSR count). The molecule has 2 atom stereocenters. The molecule has 2 aromatic heterocycles. The predicted molar refractivity (Wildman–Crippen MR) is 157 cm³/mol. The number of aliphatic hydroxyl groups excluding tert-OH is 1. The maximum Gasteiger partial charge on any atom is 0.434 e. The summed E-state index contributed by atoms with van der Waals surface area (Å²) in [6.07, 6.45) is 1.83. The number of alkyl halides is 2. The van der Waals surface area contributed by atoms with Crippen molar-refractivity contribution >= 4 is 29.6 Å². The number of guanidine groups is 1. The van der Waals surface area contributed by atoms with Crippen molar-refractivity contribution in [1.29, 1.82) is 0 Å². The number of hydrogen-bond acceptors (Lipinski definition) is 6. The van der Waals surface area contributed by atoms with E-state index in [9.17, 15) is 28.6 Å². The van der Waals surface area contributed by atoms with Gasteiger partial charge in [-0.15, -0.1) is 4.99 Å². The van der Waals surface area contributed by atoms with E-state index in [1.165, 1.54) is 24.5 Å². The lowest BCUT2D eigenvalue weighted by molar-refractivity contribution is -0.135. The summed E-state index contributed by atoms with van der Waals surface area (Å²) in [7, 11) is 0. The molecule has 4 aromatic rings. The molecule has 2 aromatic carbocycles. The number of hydrogen-bond donors (Lipinski definition) is 4. The van der Waals surface area contributed by atoms with Gasteiger partial charge in [-0.3, -0.25) is 14.8 Å². The van der Waals surface area contributed by atoms with Gasteiger partial charge >= 0.3 is 12.6 Å². The first-order valence-electron chi connectivity index (χ1n) is 13.6. The standard InChI is InChI=1S/C29H28ClF3N8O4/c1-28(2,3)13-29(19-6-4-15(9-21(19)31)17-10-36-40(11-17)25(32)33)24(43)41(26(38-29)37-27(44)45)22(12-42)16-5-7-20(30)18(8-16)23-34-14-35-39-23/h4-11,14,22,25,42H,12-13H2,1-3H3,(H,37,38)(H,44,45)(H,34,35,39)/t22?,29-/m1/s1. The number of aromatic amines is 1. The average Bonchev–Trinajstić information content (AvgIpc) is 3.71. The van der Waals surface area contributed by atoms with Crippen molar-refractivity contribution in [3.63, 3.8) is 0 Å². The largest absolute Gasteiger partial charge is 0.463 e. The second-order valence-corrected chi connectivity index (χ2v) is 12.0. The predicted octanol–water partition coefficient (Wildman–Crippen LogP) is 5.35. The van der Waals surface area contributed by atoms with Crippen molar-refractivity contribution in [2.45, 2.75) is 45.3 Å². The van der Waals surface area contributed by atoms with Crippen molar-refractivity contribution in [3.05, 3.63) is 77.1 Å². The molecule has 0 saturated carbocycles. The van der Waals surface area contributed by atoms with E-state index in [1.807, 2.05) is 20.8 Å². The Balaban J connectivity index is 1.64. The first kappa shape index (κ1) is 31.7. The van der Waals surface area contributed by atoms with Crippen LogP contribution in [0.4, 0.5) is 18.0 Å². The van der Waals surface area contributed by atoms with Gasteiger partial charge in [0.15, 0.2) is 5.82 Å². The molecule has 0 radical (unpaired) electrons. The van der Waals surface area contributed by atoms with Crippen molar-refractivity contribution in [2.75, 3.05) is 6.61 Å². The Morgan fingerprint density at radius 3 is 2.51 bits per heavy atom. The molecule has 1 saturated heterocycles. The summed E-state index contributed by atoms with van der Waals surface area (Å²) in [4.78, 5) is 35.2. The zero-order valence-electron chi connectivity index (χ0n) is 24.2. The first-order chi connectivity index (χ1) is 21.2. The number of carboxylic acid groups (broad SMARTS) is 1. The number of aliphatic imine (C=N–C) groups is 1. The van der Waals surface area contributed by atoms with Crippen LogP contribution in [0.1, 0.15) is 50.9 Å². The third-order valence-electron chi connectivity index (χ3n) is 7.23. The van der Waals surface area contributed by atoms with E-state index in [-0.39, 0.29) is 23.1 Å². The Labute approximate surface area is 259 Å². The number of nitrogens with one attached hydrogen (secondary N) is 2. The van der Waals surface area contributed by atoms with E-state index in [0.29, 0.717) is 26.7 Å². The fourth-order valence-electron chi connectivity index (χ4n) is 5.50. The van der Waals surface area contributed by atoms with E-state index in [0.717, 1.165) is 23.4 Å². The molecule has 1 aliphatic heterocycles. The highest BCUT2D eigenvalue weighted by Crippen LogP contribution is 2.44. The van der Waals surface area contributed by atoms with Gasteiger partial charge in [-0.1, -0.05) is 50.6 Å². The molecule has 16 heteroatoms. The summed E-state index contributed by atoms with van der Waals surface area (Å²) < 4.78 is 42.7. The molecular weight excluding hydrogens is 617 g/mol. The molecule has 4 N–H and O–H groups in total. The Bertz CT molecular complexity index is 1770. The monoisotopic (exact) mass is 644 g/mol. The third kappa shape index (κ3) is 6.13. The lowest BCUT2D eigenvalue weighted by atomic mass is 9.75. The van der Waals surface area contributed by atoms with Crippen molar-refractivity contribution in [3.8, 4) is 22.5 Å². The average molecular weight is 645 g/mol. The molecule has 45 heavy (non-hydrogen) atoms. The van der Waals surface area contributed by atoms with Crippen molar-refractivity contribution < 1.29 is 33.0 Å². The van der Waals surface area contributed by atoms with Gasteiger partial charge in [-0.05, 0) is 41.2 Å². The number of rotatable bonds is 8. The summed E-state index contributed by atoms with van der Waals surface area (Å²) in [5.74, 6) is -1.75. The number of carbonyl (C=O) groups is 2. The fourth-order valence-corrected chi connectivity index (χ4v) is 5.71. The highest BCUT2D eigenvalue weighted by molar-refractivity contribution is 6.33. The van der Waals surface area contributed by atoms with Gasteiger partial charge in [0.1, 0.15) is 17.7 Å². The minimum Gasteiger partial charge on any atom is -0.463 e. The lowest BCUT2D eigenvalue weighted by Gasteiger charge is -2.35. The van der Waals surface area contributed by atoms with Crippen LogP contribution >= 0.6 is 11.6 Å². The Morgan fingerprint density at radius 2 is 1.93 bits per heavy atom. The van der Waals surface area contributed by atoms with E-state index >= 15 is 4.39 Å². The van der Waals surface area contributed by atoms with Gasteiger partial charge in [-0.2, -0.15) is 19.0 Å². The number of H-pyrrole nitrogens is 1. The van der Waals surface area contributed by atoms with Crippen LogP contribution in [0.15, 0.2) is 60.1 Å². The van der Waals surface area contributed by atoms with Crippen LogP contribution < -0.4 is 5.32 Å². The molecule has 1 unspecified atom stereocenters. The molecule has 236 valence electrons.